The van der Waals surface area contributed by atoms with Gasteiger partial charge in [0.15, 0.2) is 11.4 Å². The molecule has 1 aliphatic carbocycles. The highest BCUT2D eigenvalue weighted by Gasteiger charge is 2.38. The summed E-state index contributed by atoms with van der Waals surface area (Å²) < 4.78 is 7.19. The molecule has 2 aliphatic rings. The summed E-state index contributed by atoms with van der Waals surface area (Å²) in [6.45, 7) is 0.835. The van der Waals surface area contributed by atoms with E-state index in [4.69, 9.17) is 4.74 Å². The first-order valence-corrected chi connectivity index (χ1v) is 9.28. The van der Waals surface area contributed by atoms with Crippen molar-refractivity contribution >= 4 is 5.91 Å². The van der Waals surface area contributed by atoms with E-state index in [0.717, 1.165) is 25.1 Å². The maximum atomic E-state index is 13.2. The predicted molar refractivity (Wildman–Crippen MR) is 96.1 cm³/mol. The van der Waals surface area contributed by atoms with Gasteiger partial charge in [0.2, 0.25) is 0 Å². The number of rotatable bonds is 4. The van der Waals surface area contributed by atoms with Crippen LogP contribution in [0, 0.1) is 5.92 Å². The minimum absolute atomic E-state index is 0.0148. The number of amides is 1. The number of hydrogen-bond donors (Lipinski definition) is 0. The van der Waals surface area contributed by atoms with Crippen molar-refractivity contribution in [1.82, 2.24) is 14.7 Å². The highest BCUT2D eigenvalue weighted by atomic mass is 16.5. The van der Waals surface area contributed by atoms with Gasteiger partial charge in [-0.3, -0.25) is 4.79 Å². The zero-order chi connectivity index (χ0) is 17.2. The fourth-order valence-corrected chi connectivity index (χ4v) is 4.38. The second kappa shape index (κ2) is 6.90. The third-order valence-electron chi connectivity index (χ3n) is 5.63. The van der Waals surface area contributed by atoms with Gasteiger partial charge in [0.25, 0.3) is 5.91 Å². The number of methoxy groups -OCH3 is 1. The van der Waals surface area contributed by atoms with E-state index in [1.165, 1.54) is 25.7 Å². The van der Waals surface area contributed by atoms with Crippen LogP contribution in [0.15, 0.2) is 36.5 Å². The molecule has 0 radical (unpaired) electrons. The maximum Gasteiger partial charge on any atom is 0.278 e. The molecule has 1 saturated heterocycles. The Morgan fingerprint density at radius 2 is 1.88 bits per heavy atom. The average Bonchev–Trinajstić information content (AvgIpc) is 3.41. The molecule has 5 nitrogen and oxygen atoms in total. The van der Waals surface area contributed by atoms with Gasteiger partial charge in [-0.05, 0) is 43.7 Å². The highest BCUT2D eigenvalue weighted by molar-refractivity contribution is 5.95. The summed E-state index contributed by atoms with van der Waals surface area (Å²) in [7, 11) is 1.60. The lowest BCUT2D eigenvalue weighted by Crippen LogP contribution is -2.39. The molecule has 0 N–H and O–H groups in total. The molecule has 2 fully saturated rings. The Morgan fingerprint density at radius 1 is 1.12 bits per heavy atom. The molecular weight excluding hydrogens is 314 g/mol. The molecule has 0 bridgehead atoms. The molecule has 132 valence electrons. The van der Waals surface area contributed by atoms with Gasteiger partial charge >= 0.3 is 0 Å². The number of aromatic nitrogens is 2. The molecule has 4 rings (SSSR count). The summed E-state index contributed by atoms with van der Waals surface area (Å²) in [5, 5.41) is 4.56. The molecule has 5 heteroatoms. The van der Waals surface area contributed by atoms with Crippen LogP contribution in [0.2, 0.25) is 0 Å². The minimum atomic E-state index is 0.0148. The van der Waals surface area contributed by atoms with Gasteiger partial charge in [-0.25, -0.2) is 4.68 Å². The fourth-order valence-electron chi connectivity index (χ4n) is 4.38. The third-order valence-corrected chi connectivity index (χ3v) is 5.63. The predicted octanol–water partition coefficient (Wildman–Crippen LogP) is 3.68. The average molecular weight is 339 g/mol. The van der Waals surface area contributed by atoms with E-state index in [1.54, 1.807) is 18.0 Å². The Hall–Kier alpha value is -2.30. The van der Waals surface area contributed by atoms with Crippen molar-refractivity contribution in [3.8, 4) is 11.4 Å². The molecule has 1 aromatic carbocycles. The third kappa shape index (κ3) is 3.03. The number of hydrogen-bond acceptors (Lipinski definition) is 3. The van der Waals surface area contributed by atoms with E-state index in [2.05, 4.69) is 10.00 Å². The van der Waals surface area contributed by atoms with Crippen molar-refractivity contribution in [1.29, 1.82) is 0 Å². The van der Waals surface area contributed by atoms with Crippen molar-refractivity contribution in [2.45, 2.75) is 44.6 Å². The first kappa shape index (κ1) is 16.2. The van der Waals surface area contributed by atoms with Crippen LogP contribution in [0.4, 0.5) is 0 Å². The first-order valence-electron chi connectivity index (χ1n) is 9.28. The number of ether oxygens (including phenoxy) is 1. The van der Waals surface area contributed by atoms with Crippen molar-refractivity contribution in [3.63, 3.8) is 0 Å². The van der Waals surface area contributed by atoms with Gasteiger partial charge < -0.3 is 9.64 Å². The van der Waals surface area contributed by atoms with Crippen LogP contribution in [-0.2, 0) is 0 Å². The highest BCUT2D eigenvalue weighted by Crippen LogP contribution is 2.36. The Bertz CT molecular complexity index is 735. The van der Waals surface area contributed by atoms with Crippen LogP contribution in [0.25, 0.3) is 5.69 Å². The van der Waals surface area contributed by atoms with Crippen LogP contribution in [-0.4, -0.2) is 40.3 Å². The zero-order valence-electron chi connectivity index (χ0n) is 14.7. The molecule has 1 atom stereocenters. The smallest absolute Gasteiger partial charge is 0.278 e. The number of nitrogens with zero attached hydrogens (tertiary/aromatic N) is 3. The largest absolute Gasteiger partial charge is 0.493 e. The minimum Gasteiger partial charge on any atom is -0.493 e. The quantitative estimate of drug-likeness (QED) is 0.854. The number of carbonyl (C=O) groups excluding carboxylic acids is 1. The Balaban J connectivity index is 1.62. The molecule has 1 unspecified atom stereocenters. The number of carbonyl (C=O) groups is 1. The Morgan fingerprint density at radius 3 is 2.60 bits per heavy atom. The molecule has 1 aliphatic heterocycles. The summed E-state index contributed by atoms with van der Waals surface area (Å²) in [5.41, 5.74) is 1.35. The number of para-hydroxylation sites is 1. The molecule has 25 heavy (non-hydrogen) atoms. The van der Waals surface area contributed by atoms with E-state index >= 15 is 0 Å². The van der Waals surface area contributed by atoms with Crippen LogP contribution < -0.4 is 4.74 Å². The van der Waals surface area contributed by atoms with Crippen LogP contribution in [0.3, 0.4) is 0 Å². The van der Waals surface area contributed by atoms with Crippen LogP contribution in [0.1, 0.15) is 49.0 Å². The van der Waals surface area contributed by atoms with Gasteiger partial charge in [0.05, 0.1) is 19.0 Å². The van der Waals surface area contributed by atoms with Crippen molar-refractivity contribution < 1.29 is 9.53 Å². The van der Waals surface area contributed by atoms with Gasteiger partial charge in [-0.2, -0.15) is 5.10 Å². The standard InChI is InChI=1S/C20H25N3O2/c1-25-18-14-23(16-10-3-2-4-11-16)21-19(18)20(24)22-13-7-12-17(22)15-8-5-6-9-15/h2-4,10-11,14-15,17H,5-9,12-13H2,1H3. The lowest BCUT2D eigenvalue weighted by molar-refractivity contribution is 0.0679. The zero-order valence-corrected chi connectivity index (χ0v) is 14.7. The van der Waals surface area contributed by atoms with Crippen LogP contribution in [0.5, 0.6) is 5.75 Å². The molecule has 2 heterocycles. The van der Waals surface area contributed by atoms with E-state index in [9.17, 15) is 4.79 Å². The van der Waals surface area contributed by atoms with Gasteiger partial charge in [-0.15, -0.1) is 0 Å². The van der Waals surface area contributed by atoms with Gasteiger partial charge in [0.1, 0.15) is 0 Å². The topological polar surface area (TPSA) is 47.4 Å². The molecule has 1 aromatic heterocycles. The SMILES string of the molecule is COc1cn(-c2ccccc2)nc1C(=O)N1CCCC1C1CCCC1. The van der Waals surface area contributed by atoms with Crippen molar-refractivity contribution in [2.24, 2.45) is 5.92 Å². The second-order valence-electron chi connectivity index (χ2n) is 7.08. The fraction of sp³-hybridized carbons (Fsp3) is 0.500. The van der Waals surface area contributed by atoms with E-state index in [0.29, 0.717) is 23.4 Å². The van der Waals surface area contributed by atoms with Gasteiger partial charge in [-0.1, -0.05) is 31.0 Å². The summed E-state index contributed by atoms with van der Waals surface area (Å²) in [5.74, 6) is 1.22. The number of likely N-dealkylation sites (tertiary alicyclic amines) is 1. The van der Waals surface area contributed by atoms with E-state index in [-0.39, 0.29) is 5.91 Å². The summed E-state index contributed by atoms with van der Waals surface area (Å²) in [6.07, 6.45) is 9.12. The van der Waals surface area contributed by atoms with Crippen molar-refractivity contribution in [2.75, 3.05) is 13.7 Å². The van der Waals surface area contributed by atoms with E-state index < -0.39 is 0 Å². The molecule has 0 spiro atoms. The molecule has 1 saturated carbocycles. The Kier molecular flexibility index (Phi) is 4.47. The first-order chi connectivity index (χ1) is 12.3. The van der Waals surface area contributed by atoms with Crippen LogP contribution >= 0.6 is 0 Å². The lowest BCUT2D eigenvalue weighted by Gasteiger charge is -2.29. The maximum absolute atomic E-state index is 13.2. The second-order valence-corrected chi connectivity index (χ2v) is 7.08. The van der Waals surface area contributed by atoms with Crippen molar-refractivity contribution in [3.05, 3.63) is 42.2 Å². The number of benzene rings is 1. The Labute approximate surface area is 148 Å². The normalized spacial score (nSPS) is 21.0. The summed E-state index contributed by atoms with van der Waals surface area (Å²) >= 11 is 0. The molecular formula is C20H25N3O2. The van der Waals surface area contributed by atoms with E-state index in [1.807, 2.05) is 30.3 Å². The van der Waals surface area contributed by atoms with Gasteiger partial charge in [0, 0.05) is 12.6 Å². The monoisotopic (exact) mass is 339 g/mol. The lowest BCUT2D eigenvalue weighted by atomic mass is 9.96. The molecule has 2 aromatic rings. The molecule has 1 amide bonds. The summed E-state index contributed by atoms with van der Waals surface area (Å²) in [6, 6.07) is 10.2. The summed E-state index contributed by atoms with van der Waals surface area (Å²) in [4.78, 5) is 15.3.